The lowest BCUT2D eigenvalue weighted by Gasteiger charge is -2.30. The normalized spacial score (nSPS) is 16.7. The van der Waals surface area contributed by atoms with Crippen molar-refractivity contribution in [3.8, 4) is 0 Å². The maximum absolute atomic E-state index is 13.1. The van der Waals surface area contributed by atoms with Gasteiger partial charge in [0.1, 0.15) is 5.82 Å². The van der Waals surface area contributed by atoms with Crippen LogP contribution in [-0.4, -0.2) is 34.5 Å². The van der Waals surface area contributed by atoms with Gasteiger partial charge in [-0.2, -0.15) is 0 Å². The van der Waals surface area contributed by atoms with Gasteiger partial charge in [-0.05, 0) is 49.1 Å². The zero-order chi connectivity index (χ0) is 20.4. The van der Waals surface area contributed by atoms with Crippen molar-refractivity contribution in [1.29, 1.82) is 0 Å². The number of hydrogen-bond donors (Lipinski definition) is 1. The fourth-order valence-electron chi connectivity index (χ4n) is 2.94. The molecule has 8 heteroatoms. The van der Waals surface area contributed by atoms with E-state index in [0.29, 0.717) is 17.3 Å². The maximum Gasteiger partial charge on any atom is 0.311 e. The van der Waals surface area contributed by atoms with Gasteiger partial charge in [-0.1, -0.05) is 18.2 Å². The zero-order valence-electron chi connectivity index (χ0n) is 16.1. The predicted octanol–water partition coefficient (Wildman–Crippen LogP) is 3.66. The van der Waals surface area contributed by atoms with Gasteiger partial charge < -0.3 is 19.1 Å². The molecule has 0 radical (unpaired) electrons. The zero-order valence-corrected chi connectivity index (χ0v) is 16.9. The summed E-state index contributed by atoms with van der Waals surface area (Å²) in [5.74, 6) is 0.161. The van der Waals surface area contributed by atoms with Crippen molar-refractivity contribution in [1.82, 2.24) is 9.29 Å². The molecule has 150 valence electrons. The van der Waals surface area contributed by atoms with Crippen molar-refractivity contribution in [2.45, 2.75) is 31.0 Å². The van der Waals surface area contributed by atoms with E-state index in [1.165, 1.54) is 11.9 Å². The number of rotatable bonds is 6. The number of carbonyl (C=O) groups excluding carboxylic acids is 2. The van der Waals surface area contributed by atoms with Gasteiger partial charge in [-0.15, -0.1) is 0 Å². The van der Waals surface area contributed by atoms with E-state index in [1.54, 1.807) is 42.7 Å². The number of likely N-dealkylation sites (N-methyl/N-ethyl adjacent to an activating group) is 1. The minimum absolute atomic E-state index is 0.0289. The average Bonchev–Trinajstić information content (AvgIpc) is 3.54. The number of esters is 1. The van der Waals surface area contributed by atoms with Crippen LogP contribution in [0.4, 0.5) is 5.82 Å². The Morgan fingerprint density at radius 3 is 2.69 bits per heavy atom. The molecule has 2 aromatic rings. The number of hydrogen-bond acceptors (Lipinski definition) is 7. The lowest BCUT2D eigenvalue weighted by Crippen LogP contribution is -2.30. The predicted molar refractivity (Wildman–Crippen MR) is 109 cm³/mol. The third-order valence-electron chi connectivity index (χ3n) is 4.50. The van der Waals surface area contributed by atoms with Crippen molar-refractivity contribution in [2.24, 2.45) is 5.92 Å². The summed E-state index contributed by atoms with van der Waals surface area (Å²) in [5, 5.41) is 2.79. The van der Waals surface area contributed by atoms with E-state index in [2.05, 4.69) is 10.3 Å². The minimum Gasteiger partial charge on any atom is -0.452 e. The molecule has 1 N–H and O–H groups in total. The molecular weight excluding hydrogens is 390 g/mol. The van der Waals surface area contributed by atoms with Crippen molar-refractivity contribution >= 4 is 35.4 Å². The van der Waals surface area contributed by atoms with E-state index in [0.717, 1.165) is 23.3 Å². The third-order valence-corrected chi connectivity index (χ3v) is 5.50. The molecule has 29 heavy (non-hydrogen) atoms. The van der Waals surface area contributed by atoms with Gasteiger partial charge in [0.15, 0.2) is 11.5 Å². The van der Waals surface area contributed by atoms with Crippen molar-refractivity contribution in [2.75, 3.05) is 12.4 Å². The van der Waals surface area contributed by atoms with Gasteiger partial charge >= 0.3 is 5.97 Å². The van der Waals surface area contributed by atoms with Crippen LogP contribution in [0.5, 0.6) is 0 Å². The molecule has 0 saturated heterocycles. The molecule has 2 heterocycles. The SMILES string of the molecule is CC(OC(=O)C1CC1)OC1=C(C(=O)Nc2ccccn2)N(C)Sc2ccccc21. The lowest BCUT2D eigenvalue weighted by molar-refractivity contribution is -0.165. The molecule has 4 rings (SSSR count). The van der Waals surface area contributed by atoms with Crippen molar-refractivity contribution in [3.63, 3.8) is 0 Å². The van der Waals surface area contributed by atoms with E-state index >= 15 is 0 Å². The first-order chi connectivity index (χ1) is 14.0. The Hall–Kier alpha value is -3.00. The highest BCUT2D eigenvalue weighted by molar-refractivity contribution is 7.97. The first-order valence-corrected chi connectivity index (χ1v) is 10.1. The summed E-state index contributed by atoms with van der Waals surface area (Å²) in [6, 6.07) is 12.9. The number of fused-ring (bicyclic) bond motifs is 1. The topological polar surface area (TPSA) is 80.8 Å². The van der Waals surface area contributed by atoms with Gasteiger partial charge in [0.2, 0.25) is 6.29 Å². The van der Waals surface area contributed by atoms with E-state index < -0.39 is 6.29 Å². The van der Waals surface area contributed by atoms with Gasteiger partial charge in [0.05, 0.1) is 5.92 Å². The standard InChI is InChI=1S/C21H21N3O4S/c1-13(28-21(26)14-10-11-14)27-19-15-7-3-4-8-16(15)29-24(2)18(19)20(25)23-17-9-5-6-12-22-17/h3-9,12-14H,10-11H2,1-2H3,(H,22,23,25). The van der Waals surface area contributed by atoms with E-state index in [1.807, 2.05) is 24.3 Å². The summed E-state index contributed by atoms with van der Waals surface area (Å²) in [4.78, 5) is 30.2. The number of nitrogens with one attached hydrogen (secondary N) is 1. The van der Waals surface area contributed by atoms with E-state index in [9.17, 15) is 9.59 Å². The number of ether oxygens (including phenoxy) is 2. The largest absolute Gasteiger partial charge is 0.452 e. The average molecular weight is 411 g/mol. The van der Waals surface area contributed by atoms with Crippen LogP contribution in [0.1, 0.15) is 25.3 Å². The second-order valence-corrected chi connectivity index (χ2v) is 8.00. The highest BCUT2D eigenvalue weighted by Gasteiger charge is 2.34. The third kappa shape index (κ3) is 4.37. The molecule has 0 bridgehead atoms. The molecule has 1 aromatic carbocycles. The maximum atomic E-state index is 13.1. The molecule has 1 aliphatic carbocycles. The summed E-state index contributed by atoms with van der Waals surface area (Å²) in [6.07, 6.45) is 2.50. The fraction of sp³-hybridized carbons (Fsp3) is 0.286. The molecule has 1 atom stereocenters. The van der Waals surface area contributed by atoms with Crippen molar-refractivity contribution in [3.05, 3.63) is 59.9 Å². The number of nitrogens with zero attached hydrogens (tertiary/aromatic N) is 2. The van der Waals surface area contributed by atoms with Crippen LogP contribution >= 0.6 is 11.9 Å². The van der Waals surface area contributed by atoms with Gasteiger partial charge in [-0.25, -0.2) is 4.98 Å². The van der Waals surface area contributed by atoms with Crippen LogP contribution in [0, 0.1) is 5.92 Å². The van der Waals surface area contributed by atoms with Gasteiger partial charge in [0.25, 0.3) is 5.91 Å². The second kappa shape index (κ2) is 8.16. The molecule has 2 aliphatic rings. The lowest BCUT2D eigenvalue weighted by atomic mass is 10.1. The minimum atomic E-state index is -0.819. The fourth-order valence-corrected chi connectivity index (χ4v) is 3.89. The molecule has 0 spiro atoms. The molecule has 1 saturated carbocycles. The second-order valence-electron chi connectivity index (χ2n) is 6.83. The van der Waals surface area contributed by atoms with Gasteiger partial charge in [-0.3, -0.25) is 9.59 Å². The highest BCUT2D eigenvalue weighted by Crippen LogP contribution is 2.41. The van der Waals surface area contributed by atoms with Crippen molar-refractivity contribution < 1.29 is 19.1 Å². The monoisotopic (exact) mass is 411 g/mol. The molecule has 1 aromatic heterocycles. The Bertz CT molecular complexity index is 959. The number of anilines is 1. The number of amides is 1. The first-order valence-electron chi connectivity index (χ1n) is 9.38. The van der Waals surface area contributed by atoms with Gasteiger partial charge in [0, 0.05) is 30.6 Å². The van der Waals surface area contributed by atoms with Crippen LogP contribution in [0.15, 0.2) is 59.3 Å². The highest BCUT2D eigenvalue weighted by atomic mass is 32.2. The molecule has 1 fully saturated rings. The van der Waals surface area contributed by atoms with Crippen LogP contribution in [0.3, 0.4) is 0 Å². The summed E-state index contributed by atoms with van der Waals surface area (Å²) in [5.41, 5.74) is 1.10. The number of pyridine rings is 1. The van der Waals surface area contributed by atoms with E-state index in [-0.39, 0.29) is 17.8 Å². The molecule has 1 amide bonds. The summed E-state index contributed by atoms with van der Waals surface area (Å²) >= 11 is 1.42. The first kappa shape index (κ1) is 19.3. The molecule has 1 unspecified atom stereocenters. The Balaban J connectivity index is 1.65. The van der Waals surface area contributed by atoms with Crippen LogP contribution in [-0.2, 0) is 19.1 Å². The Kier molecular flexibility index (Phi) is 5.44. The van der Waals surface area contributed by atoms with E-state index in [4.69, 9.17) is 9.47 Å². The number of aromatic nitrogens is 1. The smallest absolute Gasteiger partial charge is 0.311 e. The Morgan fingerprint density at radius 2 is 1.97 bits per heavy atom. The molecule has 1 aliphatic heterocycles. The van der Waals surface area contributed by atoms with Crippen LogP contribution in [0.2, 0.25) is 0 Å². The Labute approximate surface area is 173 Å². The summed E-state index contributed by atoms with van der Waals surface area (Å²) in [7, 11) is 1.79. The number of benzene rings is 1. The summed E-state index contributed by atoms with van der Waals surface area (Å²) < 4.78 is 13.2. The quantitative estimate of drug-likeness (QED) is 0.441. The number of carbonyl (C=O) groups is 2. The summed E-state index contributed by atoms with van der Waals surface area (Å²) in [6.45, 7) is 1.66. The van der Waals surface area contributed by atoms with Crippen LogP contribution < -0.4 is 5.32 Å². The molecule has 7 nitrogen and oxygen atoms in total. The van der Waals surface area contributed by atoms with Crippen LogP contribution in [0.25, 0.3) is 5.76 Å². The molecular formula is C21H21N3O4S. The Morgan fingerprint density at radius 1 is 1.21 bits per heavy atom.